The number of esters is 1. The fourth-order valence-corrected chi connectivity index (χ4v) is 3.70. The zero-order chi connectivity index (χ0) is 19.3. The summed E-state index contributed by atoms with van der Waals surface area (Å²) in [5.41, 5.74) is 0.494. The van der Waals surface area contributed by atoms with Crippen LogP contribution >= 0.6 is 23.2 Å². The smallest absolute Gasteiger partial charge is 0.325 e. The highest BCUT2D eigenvalue weighted by atomic mass is 35.5. The molecule has 2 N–H and O–H groups in total. The summed E-state index contributed by atoms with van der Waals surface area (Å²) < 4.78 is 31.5. The molecule has 0 aromatic heterocycles. The van der Waals surface area contributed by atoms with Crippen molar-refractivity contribution in [3.8, 4) is 0 Å². The lowest BCUT2D eigenvalue weighted by Gasteiger charge is -2.10. The highest BCUT2D eigenvalue weighted by molar-refractivity contribution is 7.92. The van der Waals surface area contributed by atoms with Crippen LogP contribution in [0.2, 0.25) is 10.0 Å². The maximum Gasteiger partial charge on any atom is 0.325 e. The van der Waals surface area contributed by atoms with Gasteiger partial charge in [0.15, 0.2) is 0 Å². The Balaban J connectivity index is 2.11. The summed E-state index contributed by atoms with van der Waals surface area (Å²) in [5, 5.41) is 2.75. The molecule has 1 amide bonds. The quantitative estimate of drug-likeness (QED) is 0.704. The summed E-state index contributed by atoms with van der Waals surface area (Å²) >= 11 is 11.6. The minimum atomic E-state index is -3.90. The molecule has 0 spiro atoms. The molecule has 0 heterocycles. The lowest BCUT2D eigenvalue weighted by atomic mass is 10.2. The molecule has 0 saturated heterocycles. The van der Waals surface area contributed by atoms with Crippen molar-refractivity contribution in [3.05, 3.63) is 58.1 Å². The lowest BCUT2D eigenvalue weighted by molar-refractivity contribution is -0.139. The molecule has 0 aliphatic carbocycles. The minimum absolute atomic E-state index is 0.0881. The number of benzene rings is 2. The molecule has 0 atom stereocenters. The molecule has 0 aliphatic heterocycles. The summed E-state index contributed by atoms with van der Waals surface area (Å²) in [6, 6.07) is 9.61. The molecule has 0 fully saturated rings. The first-order valence-electron chi connectivity index (χ1n) is 7.15. The van der Waals surface area contributed by atoms with Crippen molar-refractivity contribution in [1.29, 1.82) is 0 Å². The maximum absolute atomic E-state index is 12.4. The predicted octanol–water partition coefficient (Wildman–Crippen LogP) is 2.70. The summed E-state index contributed by atoms with van der Waals surface area (Å²) in [4.78, 5) is 22.8. The number of halogens is 2. The molecule has 0 unspecified atom stereocenters. The fourth-order valence-electron chi connectivity index (χ4n) is 1.91. The second-order valence-electron chi connectivity index (χ2n) is 5.05. The average molecular weight is 417 g/mol. The molecule has 138 valence electrons. The number of hydrogen-bond donors (Lipinski definition) is 2. The van der Waals surface area contributed by atoms with Gasteiger partial charge in [0.25, 0.3) is 15.9 Å². The number of carbonyl (C=O) groups is 2. The molecular formula is C16H14Cl2N2O5S. The van der Waals surface area contributed by atoms with E-state index in [9.17, 15) is 18.0 Å². The van der Waals surface area contributed by atoms with E-state index in [1.165, 1.54) is 49.6 Å². The summed E-state index contributed by atoms with van der Waals surface area (Å²) in [7, 11) is -2.69. The summed E-state index contributed by atoms with van der Waals surface area (Å²) in [6.45, 7) is -0.265. The van der Waals surface area contributed by atoms with E-state index in [-0.39, 0.29) is 32.7 Å². The van der Waals surface area contributed by atoms with Crippen LogP contribution in [0.1, 0.15) is 10.4 Å². The van der Waals surface area contributed by atoms with E-state index in [0.717, 1.165) is 0 Å². The van der Waals surface area contributed by atoms with Gasteiger partial charge in [-0.2, -0.15) is 0 Å². The Hall–Kier alpha value is -2.29. The predicted molar refractivity (Wildman–Crippen MR) is 98.1 cm³/mol. The van der Waals surface area contributed by atoms with Gasteiger partial charge in [-0.25, -0.2) is 8.42 Å². The Morgan fingerprint density at radius 3 is 2.15 bits per heavy atom. The Kier molecular flexibility index (Phi) is 6.47. The number of sulfonamides is 1. The topological polar surface area (TPSA) is 102 Å². The fraction of sp³-hybridized carbons (Fsp3) is 0.125. The van der Waals surface area contributed by atoms with Crippen LogP contribution in [0.25, 0.3) is 0 Å². The minimum Gasteiger partial charge on any atom is -0.468 e. The van der Waals surface area contributed by atoms with Gasteiger partial charge in [0.2, 0.25) is 0 Å². The van der Waals surface area contributed by atoms with Crippen LogP contribution in [-0.4, -0.2) is 33.9 Å². The molecular weight excluding hydrogens is 403 g/mol. The first-order chi connectivity index (χ1) is 12.2. The van der Waals surface area contributed by atoms with E-state index >= 15 is 0 Å². The summed E-state index contributed by atoms with van der Waals surface area (Å²) in [6.07, 6.45) is 0. The van der Waals surface area contributed by atoms with Gasteiger partial charge in [-0.1, -0.05) is 23.2 Å². The number of rotatable bonds is 6. The van der Waals surface area contributed by atoms with Crippen LogP contribution in [-0.2, 0) is 19.6 Å². The highest BCUT2D eigenvalue weighted by Gasteiger charge is 2.16. The molecule has 2 aromatic carbocycles. The molecule has 7 nitrogen and oxygen atoms in total. The van der Waals surface area contributed by atoms with Crippen LogP contribution in [0.3, 0.4) is 0 Å². The van der Waals surface area contributed by atoms with Crippen molar-refractivity contribution in [2.24, 2.45) is 0 Å². The van der Waals surface area contributed by atoms with Crippen molar-refractivity contribution in [3.63, 3.8) is 0 Å². The van der Waals surface area contributed by atoms with Gasteiger partial charge in [-0.15, -0.1) is 0 Å². The van der Waals surface area contributed by atoms with E-state index in [2.05, 4.69) is 14.8 Å². The largest absolute Gasteiger partial charge is 0.468 e. The number of methoxy groups -OCH3 is 1. The number of nitrogens with one attached hydrogen (secondary N) is 2. The molecule has 26 heavy (non-hydrogen) atoms. The maximum atomic E-state index is 12.4. The van der Waals surface area contributed by atoms with Crippen molar-refractivity contribution in [2.45, 2.75) is 4.90 Å². The number of anilines is 1. The van der Waals surface area contributed by atoms with Gasteiger partial charge < -0.3 is 10.1 Å². The third-order valence-electron chi connectivity index (χ3n) is 3.17. The van der Waals surface area contributed by atoms with E-state index in [4.69, 9.17) is 23.2 Å². The van der Waals surface area contributed by atoms with Crippen molar-refractivity contribution in [1.82, 2.24) is 5.32 Å². The van der Waals surface area contributed by atoms with E-state index in [1.54, 1.807) is 0 Å². The lowest BCUT2D eigenvalue weighted by Crippen LogP contribution is -2.30. The van der Waals surface area contributed by atoms with Gasteiger partial charge in [0.1, 0.15) is 6.54 Å². The zero-order valence-corrected chi connectivity index (χ0v) is 15.8. The van der Waals surface area contributed by atoms with Crippen molar-refractivity contribution in [2.75, 3.05) is 18.4 Å². The zero-order valence-electron chi connectivity index (χ0n) is 13.5. The Morgan fingerprint density at radius 2 is 1.62 bits per heavy atom. The van der Waals surface area contributed by atoms with E-state index < -0.39 is 21.9 Å². The summed E-state index contributed by atoms with van der Waals surface area (Å²) in [5.74, 6) is -1.07. The number of ether oxygens (including phenoxy) is 1. The Morgan fingerprint density at radius 1 is 1.04 bits per heavy atom. The van der Waals surface area contributed by atoms with Crippen LogP contribution in [0.5, 0.6) is 0 Å². The second kappa shape index (κ2) is 8.39. The van der Waals surface area contributed by atoms with Crippen LogP contribution in [0, 0.1) is 0 Å². The van der Waals surface area contributed by atoms with Gasteiger partial charge in [0.05, 0.1) is 12.0 Å². The van der Waals surface area contributed by atoms with Crippen LogP contribution in [0.4, 0.5) is 5.69 Å². The highest BCUT2D eigenvalue weighted by Crippen LogP contribution is 2.24. The Bertz CT molecular complexity index is 910. The second-order valence-corrected chi connectivity index (χ2v) is 7.60. The third kappa shape index (κ3) is 5.35. The third-order valence-corrected chi connectivity index (χ3v) is 4.96. The molecule has 0 bridgehead atoms. The van der Waals surface area contributed by atoms with Gasteiger partial charge in [0, 0.05) is 21.3 Å². The first-order valence-corrected chi connectivity index (χ1v) is 9.39. The van der Waals surface area contributed by atoms with Crippen LogP contribution < -0.4 is 10.0 Å². The van der Waals surface area contributed by atoms with E-state index in [1.807, 2.05) is 0 Å². The van der Waals surface area contributed by atoms with Gasteiger partial charge in [-0.3, -0.25) is 14.3 Å². The SMILES string of the molecule is COC(=O)CNC(=O)c1ccc(NS(=O)(=O)c2cc(Cl)cc(Cl)c2)cc1. The Labute approximate surface area is 160 Å². The molecule has 0 saturated carbocycles. The average Bonchev–Trinajstić information content (AvgIpc) is 2.58. The van der Waals surface area contributed by atoms with E-state index in [0.29, 0.717) is 0 Å². The monoisotopic (exact) mass is 416 g/mol. The molecule has 2 aromatic rings. The van der Waals surface area contributed by atoms with Gasteiger partial charge >= 0.3 is 5.97 Å². The standard InChI is InChI=1S/C16H14Cl2N2O5S/c1-25-15(21)9-19-16(22)10-2-4-13(5-3-10)20-26(23,24)14-7-11(17)6-12(18)8-14/h2-8,20H,9H2,1H3,(H,19,22). The number of carbonyl (C=O) groups excluding carboxylic acids is 2. The first kappa shape index (κ1) is 20.0. The van der Waals surface area contributed by atoms with Crippen molar-refractivity contribution >= 4 is 50.8 Å². The number of hydrogen-bond acceptors (Lipinski definition) is 5. The number of amides is 1. The molecule has 10 heteroatoms. The van der Waals surface area contributed by atoms with Crippen molar-refractivity contribution < 1.29 is 22.7 Å². The molecule has 0 radical (unpaired) electrons. The normalized spacial score (nSPS) is 10.9. The van der Waals surface area contributed by atoms with Gasteiger partial charge in [-0.05, 0) is 42.5 Å². The molecule has 2 rings (SSSR count). The van der Waals surface area contributed by atoms with Crippen LogP contribution in [0.15, 0.2) is 47.4 Å². The molecule has 0 aliphatic rings.